The molecule has 1 heterocycles. The average Bonchev–Trinajstić information content (AvgIpc) is 3.15. The van der Waals surface area contributed by atoms with E-state index in [9.17, 15) is 24.1 Å². The highest BCUT2D eigenvalue weighted by molar-refractivity contribution is 8.01. The van der Waals surface area contributed by atoms with Gasteiger partial charge >= 0.3 is 0 Å². The molecule has 0 saturated carbocycles. The molecule has 0 atom stereocenters. The molecule has 0 saturated heterocycles. The fourth-order valence-corrected chi connectivity index (χ4v) is 3.73. The van der Waals surface area contributed by atoms with Crippen LogP contribution in [0.4, 0.5) is 20.9 Å². The van der Waals surface area contributed by atoms with E-state index < -0.39 is 22.6 Å². The average molecular weight is 433 g/mol. The summed E-state index contributed by atoms with van der Waals surface area (Å²) in [5.74, 6) is -1.70. The number of amides is 2. The molecule has 9 nitrogen and oxygen atoms in total. The Morgan fingerprint density at radius 2 is 1.83 bits per heavy atom. The van der Waals surface area contributed by atoms with Crippen molar-refractivity contribution >= 4 is 51.4 Å². The van der Waals surface area contributed by atoms with E-state index >= 15 is 0 Å². The second-order valence-corrected chi connectivity index (χ2v) is 7.62. The number of carbonyl (C=O) groups excluding carboxylic acids is 2. The number of rotatable bonds is 7. The zero-order valence-electron chi connectivity index (χ0n) is 14.5. The Morgan fingerprint density at radius 3 is 2.59 bits per heavy atom. The quantitative estimate of drug-likeness (QED) is 0.252. The molecule has 2 amide bonds. The van der Waals surface area contributed by atoms with Crippen molar-refractivity contribution in [3.05, 3.63) is 70.0 Å². The SMILES string of the molecule is O=C(CSc1nnc(NC(=O)c2ccccc2[N+](=O)[O-])s1)Nc1ccccc1F. The maximum absolute atomic E-state index is 13.5. The first kappa shape index (κ1) is 20.4. The molecule has 29 heavy (non-hydrogen) atoms. The Kier molecular flexibility index (Phi) is 6.46. The minimum atomic E-state index is -0.692. The van der Waals surface area contributed by atoms with Crippen LogP contribution in [0.2, 0.25) is 0 Å². The number of benzene rings is 2. The van der Waals surface area contributed by atoms with Crippen molar-refractivity contribution in [2.24, 2.45) is 0 Å². The molecular formula is C17H12FN5O4S2. The van der Waals surface area contributed by atoms with Crippen LogP contribution in [0.5, 0.6) is 0 Å². The molecule has 0 spiro atoms. The molecule has 0 bridgehead atoms. The van der Waals surface area contributed by atoms with Crippen molar-refractivity contribution in [3.63, 3.8) is 0 Å². The molecule has 148 valence electrons. The predicted molar refractivity (Wildman–Crippen MR) is 107 cm³/mol. The summed E-state index contributed by atoms with van der Waals surface area (Å²) in [7, 11) is 0. The topological polar surface area (TPSA) is 127 Å². The lowest BCUT2D eigenvalue weighted by atomic mass is 10.1. The maximum atomic E-state index is 13.5. The van der Waals surface area contributed by atoms with Crippen LogP contribution in [0.15, 0.2) is 52.9 Å². The number of carbonyl (C=O) groups is 2. The number of anilines is 2. The molecular weight excluding hydrogens is 421 g/mol. The van der Waals surface area contributed by atoms with Gasteiger partial charge in [0.15, 0.2) is 4.34 Å². The largest absolute Gasteiger partial charge is 0.323 e. The maximum Gasteiger partial charge on any atom is 0.282 e. The molecule has 3 rings (SSSR count). The molecule has 0 fully saturated rings. The number of hydrogen-bond acceptors (Lipinski definition) is 8. The van der Waals surface area contributed by atoms with Crippen molar-refractivity contribution in [2.75, 3.05) is 16.4 Å². The Bertz CT molecular complexity index is 1080. The van der Waals surface area contributed by atoms with Crippen LogP contribution in [0, 0.1) is 15.9 Å². The van der Waals surface area contributed by atoms with E-state index in [1.807, 2.05) is 0 Å². The third-order valence-electron chi connectivity index (χ3n) is 3.45. The third kappa shape index (κ3) is 5.33. The number of halogens is 1. The van der Waals surface area contributed by atoms with Gasteiger partial charge in [0, 0.05) is 6.07 Å². The number of aromatic nitrogens is 2. The monoisotopic (exact) mass is 433 g/mol. The van der Waals surface area contributed by atoms with Crippen molar-refractivity contribution in [1.29, 1.82) is 0 Å². The van der Waals surface area contributed by atoms with Crippen LogP contribution >= 0.6 is 23.1 Å². The van der Waals surface area contributed by atoms with Crippen LogP contribution in [0.25, 0.3) is 0 Å². The number of nitro benzene ring substituents is 1. The fraction of sp³-hybridized carbons (Fsp3) is 0.0588. The molecule has 0 radical (unpaired) electrons. The van der Waals surface area contributed by atoms with E-state index in [0.29, 0.717) is 4.34 Å². The van der Waals surface area contributed by atoms with Crippen LogP contribution in [-0.2, 0) is 4.79 Å². The zero-order chi connectivity index (χ0) is 20.8. The van der Waals surface area contributed by atoms with Gasteiger partial charge in [-0.3, -0.25) is 25.0 Å². The highest BCUT2D eigenvalue weighted by atomic mass is 32.2. The third-order valence-corrected chi connectivity index (χ3v) is 5.42. The molecule has 0 aliphatic carbocycles. The first-order valence-corrected chi connectivity index (χ1v) is 9.79. The van der Waals surface area contributed by atoms with E-state index in [1.54, 1.807) is 6.07 Å². The van der Waals surface area contributed by atoms with Crippen LogP contribution in [0.3, 0.4) is 0 Å². The van der Waals surface area contributed by atoms with Crippen LogP contribution < -0.4 is 10.6 Å². The summed E-state index contributed by atoms with van der Waals surface area (Å²) in [6.07, 6.45) is 0. The minimum Gasteiger partial charge on any atom is -0.323 e. The van der Waals surface area contributed by atoms with Gasteiger partial charge < -0.3 is 5.32 Å². The van der Waals surface area contributed by atoms with Crippen molar-refractivity contribution < 1.29 is 18.9 Å². The summed E-state index contributed by atoms with van der Waals surface area (Å²) < 4.78 is 13.9. The smallest absolute Gasteiger partial charge is 0.282 e. The Morgan fingerprint density at radius 1 is 1.10 bits per heavy atom. The standard InChI is InChI=1S/C17H12FN5O4S2/c18-11-6-2-3-7-12(11)19-14(24)9-28-17-22-21-16(29-17)20-15(25)10-5-1-4-8-13(10)23(26)27/h1-8H,9H2,(H,19,24)(H,20,21,25). The molecule has 0 aliphatic rings. The van der Waals surface area contributed by atoms with Gasteiger partial charge in [-0.25, -0.2) is 4.39 Å². The minimum absolute atomic E-state index is 0.0406. The molecule has 2 aromatic carbocycles. The van der Waals surface area contributed by atoms with Crippen LogP contribution in [-0.4, -0.2) is 32.7 Å². The van der Waals surface area contributed by atoms with Gasteiger partial charge in [0.1, 0.15) is 11.4 Å². The van der Waals surface area contributed by atoms with Crippen LogP contribution in [0.1, 0.15) is 10.4 Å². The lowest BCUT2D eigenvalue weighted by Crippen LogP contribution is -2.14. The lowest BCUT2D eigenvalue weighted by Gasteiger charge is -2.04. The van der Waals surface area contributed by atoms with E-state index in [2.05, 4.69) is 20.8 Å². The summed E-state index contributed by atoms with van der Waals surface area (Å²) >= 11 is 2.06. The summed E-state index contributed by atoms with van der Waals surface area (Å²) in [5.41, 5.74) is -0.354. The number of nitro groups is 1. The Hall–Kier alpha value is -3.38. The second-order valence-electron chi connectivity index (χ2n) is 5.42. The van der Waals surface area contributed by atoms with Crippen molar-refractivity contribution in [2.45, 2.75) is 4.34 Å². The molecule has 3 aromatic rings. The summed E-state index contributed by atoms with van der Waals surface area (Å²) in [6.45, 7) is 0. The number of para-hydroxylation sites is 2. The first-order chi connectivity index (χ1) is 13.9. The molecule has 2 N–H and O–H groups in total. The van der Waals surface area contributed by atoms with Gasteiger partial charge in [-0.1, -0.05) is 47.4 Å². The Labute approximate surface area is 171 Å². The van der Waals surface area contributed by atoms with Gasteiger partial charge in [0.05, 0.1) is 16.4 Å². The van der Waals surface area contributed by atoms with E-state index in [1.165, 1.54) is 42.5 Å². The number of nitrogens with zero attached hydrogens (tertiary/aromatic N) is 3. The van der Waals surface area contributed by atoms with Gasteiger partial charge in [0.25, 0.3) is 11.6 Å². The Balaban J connectivity index is 1.57. The van der Waals surface area contributed by atoms with Crippen molar-refractivity contribution in [3.8, 4) is 0 Å². The second kappa shape index (κ2) is 9.21. The van der Waals surface area contributed by atoms with Gasteiger partial charge in [-0.2, -0.15) is 0 Å². The molecule has 0 aliphatic heterocycles. The van der Waals surface area contributed by atoms with Gasteiger partial charge in [0.2, 0.25) is 11.0 Å². The molecule has 12 heteroatoms. The fourth-order valence-electron chi connectivity index (χ4n) is 2.18. The summed E-state index contributed by atoms with van der Waals surface area (Å²) in [5, 5.41) is 23.7. The van der Waals surface area contributed by atoms with E-state index in [0.717, 1.165) is 23.1 Å². The number of hydrogen-bond donors (Lipinski definition) is 2. The highest BCUT2D eigenvalue weighted by Crippen LogP contribution is 2.27. The highest BCUT2D eigenvalue weighted by Gasteiger charge is 2.20. The number of thioether (sulfide) groups is 1. The summed E-state index contributed by atoms with van der Waals surface area (Å²) in [6, 6.07) is 11.3. The first-order valence-electron chi connectivity index (χ1n) is 7.99. The normalized spacial score (nSPS) is 10.4. The predicted octanol–water partition coefficient (Wildman–Crippen LogP) is 3.57. The van der Waals surface area contributed by atoms with Crippen molar-refractivity contribution in [1.82, 2.24) is 10.2 Å². The van der Waals surface area contributed by atoms with Gasteiger partial charge in [-0.05, 0) is 18.2 Å². The van der Waals surface area contributed by atoms with Gasteiger partial charge in [-0.15, -0.1) is 10.2 Å². The lowest BCUT2D eigenvalue weighted by molar-refractivity contribution is -0.385. The summed E-state index contributed by atoms with van der Waals surface area (Å²) in [4.78, 5) is 34.6. The molecule has 1 aromatic heterocycles. The van der Waals surface area contributed by atoms with E-state index in [-0.39, 0.29) is 27.8 Å². The van der Waals surface area contributed by atoms with E-state index in [4.69, 9.17) is 0 Å². The molecule has 0 unspecified atom stereocenters. The number of nitrogens with one attached hydrogen (secondary N) is 2. The zero-order valence-corrected chi connectivity index (χ0v) is 16.1.